The Labute approximate surface area is 157 Å². The standard InChI is InChI=1S/C21H33N3O2/c1-18(2)23-9-6-10-24(12-11-23)21(25)15-20-17-22(13-14-26-20)16-19-7-4-3-5-8-19/h3-5,7-8,18,20H,6,9-17H2,1-2H3/t20-/m1/s1. The molecule has 2 aliphatic heterocycles. The van der Waals surface area contributed by atoms with Crippen LogP contribution >= 0.6 is 0 Å². The number of ether oxygens (including phenoxy) is 1. The lowest BCUT2D eigenvalue weighted by Gasteiger charge is -2.33. The molecular formula is C21H33N3O2. The Bertz CT molecular complexity index is 564. The van der Waals surface area contributed by atoms with Crippen molar-refractivity contribution in [3.63, 3.8) is 0 Å². The normalized spacial score (nSPS) is 23.2. The smallest absolute Gasteiger partial charge is 0.225 e. The van der Waals surface area contributed by atoms with E-state index in [1.165, 1.54) is 5.56 Å². The molecule has 0 aromatic heterocycles. The molecule has 0 N–H and O–H groups in total. The number of benzene rings is 1. The van der Waals surface area contributed by atoms with Crippen LogP contribution in [0.2, 0.25) is 0 Å². The second kappa shape index (κ2) is 9.49. The van der Waals surface area contributed by atoms with Gasteiger partial charge in [0.2, 0.25) is 5.91 Å². The van der Waals surface area contributed by atoms with Gasteiger partial charge < -0.3 is 9.64 Å². The molecule has 26 heavy (non-hydrogen) atoms. The van der Waals surface area contributed by atoms with Gasteiger partial charge in [-0.1, -0.05) is 30.3 Å². The van der Waals surface area contributed by atoms with Gasteiger partial charge in [0, 0.05) is 51.9 Å². The van der Waals surface area contributed by atoms with Crippen molar-refractivity contribution in [2.24, 2.45) is 0 Å². The Morgan fingerprint density at radius 2 is 1.92 bits per heavy atom. The van der Waals surface area contributed by atoms with Crippen LogP contribution in [-0.2, 0) is 16.1 Å². The SMILES string of the molecule is CC(C)N1CCCN(C(=O)C[C@@H]2CN(Cc3ccccc3)CCO2)CC1. The summed E-state index contributed by atoms with van der Waals surface area (Å²) in [5, 5.41) is 0. The third-order valence-corrected chi connectivity index (χ3v) is 5.49. The summed E-state index contributed by atoms with van der Waals surface area (Å²) < 4.78 is 5.90. The third kappa shape index (κ3) is 5.53. The van der Waals surface area contributed by atoms with Crippen molar-refractivity contribution >= 4 is 5.91 Å². The fraction of sp³-hybridized carbons (Fsp3) is 0.667. The second-order valence-corrected chi connectivity index (χ2v) is 7.78. The number of carbonyl (C=O) groups is 1. The zero-order valence-electron chi connectivity index (χ0n) is 16.3. The number of hydrogen-bond donors (Lipinski definition) is 0. The summed E-state index contributed by atoms with van der Waals surface area (Å²) in [5.74, 6) is 0.252. The lowest BCUT2D eigenvalue weighted by atomic mass is 10.1. The van der Waals surface area contributed by atoms with Gasteiger partial charge in [-0.2, -0.15) is 0 Å². The predicted molar refractivity (Wildman–Crippen MR) is 104 cm³/mol. The molecule has 0 aliphatic carbocycles. The van der Waals surface area contributed by atoms with Gasteiger partial charge in [0.1, 0.15) is 0 Å². The molecule has 0 unspecified atom stereocenters. The minimum absolute atomic E-state index is 0.0180. The van der Waals surface area contributed by atoms with Crippen molar-refractivity contribution in [1.29, 1.82) is 0 Å². The van der Waals surface area contributed by atoms with E-state index < -0.39 is 0 Å². The van der Waals surface area contributed by atoms with Crippen LogP contribution in [0.1, 0.15) is 32.3 Å². The molecule has 5 nitrogen and oxygen atoms in total. The highest BCUT2D eigenvalue weighted by atomic mass is 16.5. The van der Waals surface area contributed by atoms with Gasteiger partial charge in [-0.15, -0.1) is 0 Å². The molecular weight excluding hydrogens is 326 g/mol. The van der Waals surface area contributed by atoms with Gasteiger partial charge in [0.05, 0.1) is 19.1 Å². The Morgan fingerprint density at radius 1 is 1.12 bits per heavy atom. The number of amides is 1. The highest BCUT2D eigenvalue weighted by Crippen LogP contribution is 2.15. The molecule has 2 heterocycles. The average molecular weight is 360 g/mol. The maximum Gasteiger partial charge on any atom is 0.225 e. The first kappa shape index (κ1) is 19.3. The van der Waals surface area contributed by atoms with E-state index in [1.54, 1.807) is 0 Å². The molecule has 2 saturated heterocycles. The zero-order valence-corrected chi connectivity index (χ0v) is 16.3. The summed E-state index contributed by atoms with van der Waals surface area (Å²) in [6.45, 7) is 11.7. The molecule has 1 amide bonds. The van der Waals surface area contributed by atoms with E-state index in [9.17, 15) is 4.79 Å². The summed E-state index contributed by atoms with van der Waals surface area (Å²) in [5.41, 5.74) is 1.32. The minimum Gasteiger partial charge on any atom is -0.375 e. The van der Waals surface area contributed by atoms with Crippen LogP contribution in [0.5, 0.6) is 0 Å². The Morgan fingerprint density at radius 3 is 2.69 bits per heavy atom. The van der Waals surface area contributed by atoms with E-state index in [2.05, 4.69) is 47.9 Å². The van der Waals surface area contributed by atoms with Gasteiger partial charge in [-0.05, 0) is 25.8 Å². The number of morpholine rings is 1. The van der Waals surface area contributed by atoms with Gasteiger partial charge in [0.25, 0.3) is 0 Å². The lowest BCUT2D eigenvalue weighted by Crippen LogP contribution is -2.45. The van der Waals surface area contributed by atoms with E-state index in [0.717, 1.165) is 52.2 Å². The highest BCUT2D eigenvalue weighted by Gasteiger charge is 2.26. The fourth-order valence-corrected chi connectivity index (χ4v) is 3.92. The van der Waals surface area contributed by atoms with Crippen molar-refractivity contribution in [3.8, 4) is 0 Å². The van der Waals surface area contributed by atoms with Crippen LogP contribution < -0.4 is 0 Å². The number of nitrogens with zero attached hydrogens (tertiary/aromatic N) is 3. The van der Waals surface area contributed by atoms with Crippen molar-refractivity contribution in [3.05, 3.63) is 35.9 Å². The van der Waals surface area contributed by atoms with Crippen LogP contribution in [0.15, 0.2) is 30.3 Å². The van der Waals surface area contributed by atoms with E-state index in [-0.39, 0.29) is 12.0 Å². The maximum atomic E-state index is 12.8. The van der Waals surface area contributed by atoms with Crippen LogP contribution in [0.25, 0.3) is 0 Å². The average Bonchev–Trinajstić information content (AvgIpc) is 2.89. The summed E-state index contributed by atoms with van der Waals surface area (Å²) in [7, 11) is 0. The highest BCUT2D eigenvalue weighted by molar-refractivity contribution is 5.76. The fourth-order valence-electron chi connectivity index (χ4n) is 3.92. The first-order valence-corrected chi connectivity index (χ1v) is 10.0. The van der Waals surface area contributed by atoms with Crippen LogP contribution in [0.4, 0.5) is 0 Å². The van der Waals surface area contributed by atoms with Crippen molar-refractivity contribution < 1.29 is 9.53 Å². The predicted octanol–water partition coefficient (Wildman–Crippen LogP) is 2.22. The minimum atomic E-state index is 0.0180. The van der Waals surface area contributed by atoms with Crippen LogP contribution in [0, 0.1) is 0 Å². The van der Waals surface area contributed by atoms with E-state index in [4.69, 9.17) is 4.74 Å². The first-order chi connectivity index (χ1) is 12.6. The molecule has 0 saturated carbocycles. The molecule has 2 aliphatic rings. The lowest BCUT2D eigenvalue weighted by molar-refractivity contribution is -0.136. The summed E-state index contributed by atoms with van der Waals surface area (Å²) in [4.78, 5) is 19.7. The molecule has 0 spiro atoms. The summed E-state index contributed by atoms with van der Waals surface area (Å²) >= 11 is 0. The topological polar surface area (TPSA) is 36.0 Å². The molecule has 0 radical (unpaired) electrons. The second-order valence-electron chi connectivity index (χ2n) is 7.78. The van der Waals surface area contributed by atoms with Gasteiger partial charge in [-0.25, -0.2) is 0 Å². The largest absolute Gasteiger partial charge is 0.375 e. The zero-order chi connectivity index (χ0) is 18.4. The molecule has 5 heteroatoms. The van der Waals surface area contributed by atoms with Crippen molar-refractivity contribution in [2.75, 3.05) is 45.9 Å². The van der Waals surface area contributed by atoms with E-state index in [0.29, 0.717) is 19.1 Å². The van der Waals surface area contributed by atoms with Crippen LogP contribution in [0.3, 0.4) is 0 Å². The Hall–Kier alpha value is -1.43. The van der Waals surface area contributed by atoms with E-state index in [1.807, 2.05) is 11.0 Å². The molecule has 1 aromatic carbocycles. The number of hydrogen-bond acceptors (Lipinski definition) is 4. The molecule has 144 valence electrons. The Kier molecular flexibility index (Phi) is 7.06. The molecule has 2 fully saturated rings. The van der Waals surface area contributed by atoms with E-state index >= 15 is 0 Å². The third-order valence-electron chi connectivity index (χ3n) is 5.49. The first-order valence-electron chi connectivity index (χ1n) is 10.0. The monoisotopic (exact) mass is 359 g/mol. The summed E-state index contributed by atoms with van der Waals surface area (Å²) in [6.07, 6.45) is 1.59. The van der Waals surface area contributed by atoms with Gasteiger partial charge in [-0.3, -0.25) is 14.6 Å². The number of carbonyl (C=O) groups excluding carboxylic acids is 1. The quantitative estimate of drug-likeness (QED) is 0.808. The summed E-state index contributed by atoms with van der Waals surface area (Å²) in [6, 6.07) is 11.1. The van der Waals surface area contributed by atoms with Gasteiger partial charge in [0.15, 0.2) is 0 Å². The Balaban J connectivity index is 1.47. The maximum absolute atomic E-state index is 12.8. The molecule has 3 rings (SSSR count). The number of rotatable bonds is 5. The molecule has 1 aromatic rings. The van der Waals surface area contributed by atoms with Crippen molar-refractivity contribution in [2.45, 2.75) is 45.4 Å². The van der Waals surface area contributed by atoms with Crippen LogP contribution in [-0.4, -0.2) is 78.6 Å². The van der Waals surface area contributed by atoms with Gasteiger partial charge >= 0.3 is 0 Å². The molecule has 0 bridgehead atoms. The molecule has 1 atom stereocenters. The van der Waals surface area contributed by atoms with Crippen molar-refractivity contribution in [1.82, 2.24) is 14.7 Å².